The number of carbonyl (C=O) groups excluding carboxylic acids is 1. The Morgan fingerprint density at radius 3 is 2.62 bits per heavy atom. The molecule has 1 N–H and O–H groups in total. The Bertz CT molecular complexity index is 557. The molecule has 0 atom stereocenters. The molecule has 0 spiro atoms. The van der Waals surface area contributed by atoms with Crippen LogP contribution in [0.15, 0.2) is 27.0 Å². The topological polar surface area (TPSA) is 55.1 Å². The second-order valence-electron chi connectivity index (χ2n) is 4.63. The standard InChI is InChI=1S/C15H20ClFN2O2/c1-5-13(16)12(14(17)6-2)8-18-15(20)7-11-9(3)19-21-10(11)4/h6H,5,7-8H2,1-4H3,(H,18,20)/b13-12+,14-6+. The van der Waals surface area contributed by atoms with Crippen molar-refractivity contribution >= 4 is 17.5 Å². The van der Waals surface area contributed by atoms with Gasteiger partial charge in [0.15, 0.2) is 0 Å². The molecule has 0 aliphatic carbocycles. The molecule has 6 heteroatoms. The van der Waals surface area contributed by atoms with Crippen LogP contribution >= 0.6 is 11.6 Å². The van der Waals surface area contributed by atoms with E-state index in [9.17, 15) is 9.18 Å². The van der Waals surface area contributed by atoms with Gasteiger partial charge in [-0.2, -0.15) is 0 Å². The number of rotatable bonds is 6. The number of aryl methyl sites for hydroxylation is 2. The van der Waals surface area contributed by atoms with Gasteiger partial charge in [0.05, 0.1) is 12.1 Å². The Morgan fingerprint density at radius 1 is 1.48 bits per heavy atom. The predicted octanol–water partition coefficient (Wildman–Crippen LogP) is 3.73. The van der Waals surface area contributed by atoms with Gasteiger partial charge in [-0.05, 0) is 27.2 Å². The molecule has 1 aromatic rings. The Balaban J connectivity index is 2.71. The van der Waals surface area contributed by atoms with Crippen molar-refractivity contribution in [3.8, 4) is 0 Å². The summed E-state index contributed by atoms with van der Waals surface area (Å²) in [6.45, 7) is 7.00. The van der Waals surface area contributed by atoms with Crippen LogP contribution < -0.4 is 5.32 Å². The van der Waals surface area contributed by atoms with Crippen LogP contribution in [0.25, 0.3) is 0 Å². The zero-order valence-electron chi connectivity index (χ0n) is 12.7. The maximum atomic E-state index is 13.7. The van der Waals surface area contributed by atoms with Gasteiger partial charge in [-0.25, -0.2) is 4.39 Å². The zero-order chi connectivity index (χ0) is 16.0. The fourth-order valence-corrected chi connectivity index (χ4v) is 2.02. The van der Waals surface area contributed by atoms with Crippen molar-refractivity contribution in [1.82, 2.24) is 10.5 Å². The highest BCUT2D eigenvalue weighted by atomic mass is 35.5. The molecule has 0 unspecified atom stereocenters. The van der Waals surface area contributed by atoms with Crippen molar-refractivity contribution in [3.05, 3.63) is 39.5 Å². The summed E-state index contributed by atoms with van der Waals surface area (Å²) < 4.78 is 18.7. The third-order valence-electron chi connectivity index (χ3n) is 3.16. The number of halogens is 2. The van der Waals surface area contributed by atoms with E-state index < -0.39 is 5.83 Å². The molecule has 0 fully saturated rings. The fourth-order valence-electron chi connectivity index (χ4n) is 1.86. The highest BCUT2D eigenvalue weighted by Gasteiger charge is 2.15. The van der Waals surface area contributed by atoms with Crippen LogP contribution in [0.3, 0.4) is 0 Å². The summed E-state index contributed by atoms with van der Waals surface area (Å²) in [5, 5.41) is 6.87. The first kappa shape index (κ1) is 17.4. The summed E-state index contributed by atoms with van der Waals surface area (Å²) in [5.74, 6) is -0.0319. The van der Waals surface area contributed by atoms with Crippen molar-refractivity contribution in [1.29, 1.82) is 0 Å². The van der Waals surface area contributed by atoms with Gasteiger partial charge in [0.25, 0.3) is 0 Å². The summed E-state index contributed by atoms with van der Waals surface area (Å²) in [5.41, 5.74) is 1.75. The lowest BCUT2D eigenvalue weighted by atomic mass is 10.1. The van der Waals surface area contributed by atoms with Crippen LogP contribution in [0.1, 0.15) is 37.3 Å². The third-order valence-corrected chi connectivity index (χ3v) is 3.66. The maximum absolute atomic E-state index is 13.7. The van der Waals surface area contributed by atoms with Gasteiger partial charge in [-0.15, -0.1) is 0 Å². The number of amides is 1. The Kier molecular flexibility index (Phi) is 6.62. The summed E-state index contributed by atoms with van der Waals surface area (Å²) in [4.78, 5) is 12.0. The van der Waals surface area contributed by atoms with Gasteiger partial charge < -0.3 is 9.84 Å². The van der Waals surface area contributed by atoms with Gasteiger partial charge >= 0.3 is 0 Å². The first-order valence-corrected chi connectivity index (χ1v) is 7.16. The number of nitrogens with one attached hydrogen (secondary N) is 1. The van der Waals surface area contributed by atoms with E-state index in [1.165, 1.54) is 6.08 Å². The third kappa shape index (κ3) is 4.70. The molecule has 0 aliphatic rings. The van der Waals surface area contributed by atoms with Gasteiger partial charge in [-0.3, -0.25) is 4.79 Å². The van der Waals surface area contributed by atoms with Crippen LogP contribution in [0.4, 0.5) is 4.39 Å². The lowest BCUT2D eigenvalue weighted by Crippen LogP contribution is -2.28. The molecule has 21 heavy (non-hydrogen) atoms. The largest absolute Gasteiger partial charge is 0.361 e. The monoisotopic (exact) mass is 314 g/mol. The van der Waals surface area contributed by atoms with E-state index in [1.807, 2.05) is 6.92 Å². The van der Waals surface area contributed by atoms with Gasteiger partial charge in [0.2, 0.25) is 5.91 Å². The molecule has 0 saturated heterocycles. The van der Waals surface area contributed by atoms with Crippen molar-refractivity contribution in [2.75, 3.05) is 6.54 Å². The van der Waals surface area contributed by atoms with E-state index in [2.05, 4.69) is 10.5 Å². The Hall–Kier alpha value is -1.62. The van der Waals surface area contributed by atoms with Crippen LogP contribution in [0, 0.1) is 13.8 Å². The van der Waals surface area contributed by atoms with Crippen molar-refractivity contribution in [3.63, 3.8) is 0 Å². The van der Waals surface area contributed by atoms with Gasteiger partial charge in [0.1, 0.15) is 11.6 Å². The maximum Gasteiger partial charge on any atom is 0.224 e. The van der Waals surface area contributed by atoms with Crippen molar-refractivity contribution < 1.29 is 13.7 Å². The van der Waals surface area contributed by atoms with Gasteiger partial charge in [0, 0.05) is 22.7 Å². The summed E-state index contributed by atoms with van der Waals surface area (Å²) in [6.07, 6.45) is 1.99. The second kappa shape index (κ2) is 7.98. The summed E-state index contributed by atoms with van der Waals surface area (Å²) in [6, 6.07) is 0. The molecule has 0 aliphatic heterocycles. The van der Waals surface area contributed by atoms with Crippen molar-refractivity contribution in [2.45, 2.75) is 40.5 Å². The minimum Gasteiger partial charge on any atom is -0.361 e. The summed E-state index contributed by atoms with van der Waals surface area (Å²) in [7, 11) is 0. The molecule has 0 aromatic carbocycles. The molecule has 0 bridgehead atoms. The first-order valence-electron chi connectivity index (χ1n) is 6.78. The van der Waals surface area contributed by atoms with Crippen LogP contribution in [-0.4, -0.2) is 17.6 Å². The fraction of sp³-hybridized carbons (Fsp3) is 0.467. The molecular formula is C15H20ClFN2O2. The first-order chi connectivity index (χ1) is 9.90. The Labute approximate surface area is 129 Å². The highest BCUT2D eigenvalue weighted by Crippen LogP contribution is 2.21. The van der Waals surface area contributed by atoms with Crippen LogP contribution in [-0.2, 0) is 11.2 Å². The summed E-state index contributed by atoms with van der Waals surface area (Å²) >= 11 is 6.00. The minimum atomic E-state index is -0.417. The van der Waals surface area contributed by atoms with Crippen molar-refractivity contribution in [2.24, 2.45) is 0 Å². The number of nitrogens with zero attached hydrogens (tertiary/aromatic N) is 1. The molecular weight excluding hydrogens is 295 g/mol. The molecule has 0 saturated carbocycles. The molecule has 116 valence electrons. The normalized spacial score (nSPS) is 13.1. The number of hydrogen-bond acceptors (Lipinski definition) is 3. The number of hydrogen-bond donors (Lipinski definition) is 1. The number of allylic oxidation sites excluding steroid dienone is 2. The van der Waals surface area contributed by atoms with E-state index in [4.69, 9.17) is 16.1 Å². The Morgan fingerprint density at radius 2 is 2.14 bits per heavy atom. The predicted molar refractivity (Wildman–Crippen MR) is 80.7 cm³/mol. The number of carbonyl (C=O) groups is 1. The van der Waals surface area contributed by atoms with E-state index in [-0.39, 0.29) is 18.9 Å². The van der Waals surface area contributed by atoms with E-state index in [0.29, 0.717) is 28.5 Å². The minimum absolute atomic E-state index is 0.0606. The molecule has 1 aromatic heterocycles. The van der Waals surface area contributed by atoms with E-state index >= 15 is 0 Å². The average Bonchev–Trinajstić information content (AvgIpc) is 2.78. The second-order valence-corrected chi connectivity index (χ2v) is 5.09. The smallest absolute Gasteiger partial charge is 0.224 e. The molecule has 1 amide bonds. The van der Waals surface area contributed by atoms with Gasteiger partial charge in [-0.1, -0.05) is 29.8 Å². The lowest BCUT2D eigenvalue weighted by Gasteiger charge is -2.10. The van der Waals surface area contributed by atoms with Crippen LogP contribution in [0.5, 0.6) is 0 Å². The SMILES string of the molecule is C/C=C(F)\C(CNC(=O)Cc1c(C)noc1C)=C(\Cl)CC. The molecule has 1 heterocycles. The highest BCUT2D eigenvalue weighted by molar-refractivity contribution is 6.30. The quantitative estimate of drug-likeness (QED) is 0.814. The molecule has 0 radical (unpaired) electrons. The lowest BCUT2D eigenvalue weighted by molar-refractivity contribution is -0.120. The average molecular weight is 315 g/mol. The molecule has 4 nitrogen and oxygen atoms in total. The van der Waals surface area contributed by atoms with Crippen LogP contribution in [0.2, 0.25) is 0 Å². The van der Waals surface area contributed by atoms with E-state index in [1.54, 1.807) is 20.8 Å². The zero-order valence-corrected chi connectivity index (χ0v) is 13.5. The van der Waals surface area contributed by atoms with E-state index in [0.717, 1.165) is 5.56 Å². The number of aromatic nitrogens is 1. The molecule has 1 rings (SSSR count).